The van der Waals surface area contributed by atoms with Crippen LogP contribution in [0.4, 0.5) is 23.7 Å². The first-order chi connectivity index (χ1) is 14.6. The van der Waals surface area contributed by atoms with E-state index in [1.165, 1.54) is 48.6 Å². The molecule has 1 aromatic carbocycles. The Morgan fingerprint density at radius 1 is 1.32 bits per heavy atom. The van der Waals surface area contributed by atoms with Gasteiger partial charge in [0.15, 0.2) is 17.3 Å². The van der Waals surface area contributed by atoms with Crippen LogP contribution in [0.2, 0.25) is 0 Å². The fourth-order valence-electron chi connectivity index (χ4n) is 3.62. The maximum atomic E-state index is 13.9. The standard InChI is InChI=1S/C21H20BrF3N2O4/c1-21(6-3-4-12(23)11-21)18-8-13(28)5-7-27(18)20(29)26-15-10-16(30-2)17(9-14(15)22)31-19(24)25/h3-5,7,9-11,18-19H,6,8H2,1-2H3,(H,26,29)/t18-,21?/m0/s1. The molecule has 0 aromatic heterocycles. The monoisotopic (exact) mass is 500 g/mol. The number of benzene rings is 1. The Balaban J connectivity index is 1.88. The number of ether oxygens (including phenoxy) is 2. The number of alkyl halides is 2. The van der Waals surface area contributed by atoms with Gasteiger partial charge in [0.25, 0.3) is 0 Å². The normalized spacial score (nSPS) is 23.1. The fraction of sp³-hybridized carbons (Fsp3) is 0.333. The lowest BCUT2D eigenvalue weighted by Gasteiger charge is -2.42. The first-order valence-electron chi connectivity index (χ1n) is 9.30. The average Bonchev–Trinajstić information content (AvgIpc) is 2.69. The van der Waals surface area contributed by atoms with Crippen LogP contribution in [0.3, 0.4) is 0 Å². The number of carbonyl (C=O) groups is 2. The minimum atomic E-state index is -3.04. The van der Waals surface area contributed by atoms with Crippen molar-refractivity contribution in [2.75, 3.05) is 12.4 Å². The van der Waals surface area contributed by atoms with Crippen molar-refractivity contribution in [1.82, 2.24) is 4.90 Å². The van der Waals surface area contributed by atoms with Gasteiger partial charge >= 0.3 is 12.6 Å². The number of hydrogen-bond acceptors (Lipinski definition) is 4. The zero-order chi connectivity index (χ0) is 22.8. The van der Waals surface area contributed by atoms with Crippen LogP contribution in [0.15, 0.2) is 52.9 Å². The van der Waals surface area contributed by atoms with Crippen molar-refractivity contribution in [2.45, 2.75) is 32.4 Å². The quantitative estimate of drug-likeness (QED) is 0.573. The molecule has 0 saturated carbocycles. The van der Waals surface area contributed by atoms with E-state index in [9.17, 15) is 22.8 Å². The van der Waals surface area contributed by atoms with Crippen LogP contribution in [0.25, 0.3) is 0 Å². The summed E-state index contributed by atoms with van der Waals surface area (Å²) in [4.78, 5) is 26.5. The Morgan fingerprint density at radius 3 is 2.71 bits per heavy atom. The molecule has 3 rings (SSSR count). The molecule has 2 aliphatic rings. The second-order valence-corrected chi connectivity index (χ2v) is 8.20. The van der Waals surface area contributed by atoms with Crippen LogP contribution < -0.4 is 14.8 Å². The molecule has 2 amide bonds. The largest absolute Gasteiger partial charge is 0.493 e. The third-order valence-corrected chi connectivity index (χ3v) is 5.82. The molecular weight excluding hydrogens is 481 g/mol. The van der Waals surface area contributed by atoms with E-state index in [4.69, 9.17) is 4.74 Å². The topological polar surface area (TPSA) is 67.9 Å². The minimum Gasteiger partial charge on any atom is -0.493 e. The summed E-state index contributed by atoms with van der Waals surface area (Å²) < 4.78 is 48.9. The van der Waals surface area contributed by atoms with Gasteiger partial charge in [-0.3, -0.25) is 9.69 Å². The zero-order valence-corrected chi connectivity index (χ0v) is 18.3. The number of methoxy groups -OCH3 is 1. The smallest absolute Gasteiger partial charge is 0.387 e. The SMILES string of the molecule is COc1cc(NC(=O)N2C=CC(=O)C[C@H]2C2(C)C=C(F)C=CC2)c(Br)cc1OC(F)F. The molecule has 0 radical (unpaired) electrons. The highest BCUT2D eigenvalue weighted by Crippen LogP contribution is 2.41. The number of ketones is 1. The van der Waals surface area contributed by atoms with Crippen LogP contribution in [0.1, 0.15) is 19.8 Å². The molecule has 1 aliphatic heterocycles. The van der Waals surface area contributed by atoms with Gasteiger partial charge in [0.05, 0.1) is 18.8 Å². The molecule has 0 bridgehead atoms. The van der Waals surface area contributed by atoms with Gasteiger partial charge in [0.1, 0.15) is 5.83 Å². The van der Waals surface area contributed by atoms with Gasteiger partial charge in [0.2, 0.25) is 0 Å². The number of carbonyl (C=O) groups excluding carboxylic acids is 2. The number of nitrogens with zero attached hydrogens (tertiary/aromatic N) is 1. The summed E-state index contributed by atoms with van der Waals surface area (Å²) in [7, 11) is 1.28. The first kappa shape index (κ1) is 22.9. The molecule has 1 unspecified atom stereocenters. The number of hydrogen-bond donors (Lipinski definition) is 1. The molecule has 166 valence electrons. The summed E-state index contributed by atoms with van der Waals surface area (Å²) in [6, 6.07) is 1.38. The highest BCUT2D eigenvalue weighted by atomic mass is 79.9. The summed E-state index contributed by atoms with van der Waals surface area (Å²) in [6.45, 7) is -1.26. The van der Waals surface area contributed by atoms with Crippen molar-refractivity contribution in [1.29, 1.82) is 0 Å². The van der Waals surface area contributed by atoms with Crippen LogP contribution in [-0.4, -0.2) is 36.5 Å². The Hall–Kier alpha value is -2.75. The van der Waals surface area contributed by atoms with E-state index in [1.807, 2.05) is 0 Å². The van der Waals surface area contributed by atoms with Gasteiger partial charge in [-0.1, -0.05) is 13.0 Å². The summed E-state index contributed by atoms with van der Waals surface area (Å²) in [6.07, 6.45) is 7.56. The van der Waals surface area contributed by atoms with Gasteiger partial charge in [-0.25, -0.2) is 9.18 Å². The van der Waals surface area contributed by atoms with E-state index in [1.54, 1.807) is 13.0 Å². The van der Waals surface area contributed by atoms with Gasteiger partial charge in [-0.05, 0) is 40.6 Å². The lowest BCUT2D eigenvalue weighted by Crippen LogP contribution is -2.50. The van der Waals surface area contributed by atoms with Crippen molar-refractivity contribution < 1.29 is 32.2 Å². The number of nitrogens with one attached hydrogen (secondary N) is 1. The van der Waals surface area contributed by atoms with Gasteiger partial charge in [-0.2, -0.15) is 8.78 Å². The van der Waals surface area contributed by atoms with Gasteiger partial charge < -0.3 is 14.8 Å². The number of anilines is 1. The van der Waals surface area contributed by atoms with Crippen molar-refractivity contribution in [3.05, 3.63) is 52.9 Å². The lowest BCUT2D eigenvalue weighted by atomic mass is 9.73. The zero-order valence-electron chi connectivity index (χ0n) is 16.7. The van der Waals surface area contributed by atoms with Crippen LogP contribution in [-0.2, 0) is 4.79 Å². The second kappa shape index (κ2) is 9.17. The molecule has 0 spiro atoms. The summed E-state index contributed by atoms with van der Waals surface area (Å²) in [5, 5.41) is 2.67. The van der Waals surface area contributed by atoms with E-state index in [2.05, 4.69) is 26.0 Å². The van der Waals surface area contributed by atoms with Gasteiger partial charge in [-0.15, -0.1) is 0 Å². The Labute approximate surface area is 185 Å². The van der Waals surface area contributed by atoms with E-state index >= 15 is 0 Å². The van der Waals surface area contributed by atoms with Crippen LogP contribution in [0, 0.1) is 5.41 Å². The Kier molecular flexibility index (Phi) is 6.78. The molecule has 0 fully saturated rings. The first-order valence-corrected chi connectivity index (χ1v) is 10.1. The maximum Gasteiger partial charge on any atom is 0.387 e. The molecule has 1 heterocycles. The predicted octanol–water partition coefficient (Wildman–Crippen LogP) is 5.57. The molecular formula is C21H20BrF3N2O4. The van der Waals surface area contributed by atoms with Crippen molar-refractivity contribution >= 4 is 33.4 Å². The summed E-state index contributed by atoms with van der Waals surface area (Å²) in [5.74, 6) is -0.812. The fourth-order valence-corrected chi connectivity index (χ4v) is 4.04. The summed E-state index contributed by atoms with van der Waals surface area (Å²) in [5.41, 5.74) is -0.552. The minimum absolute atomic E-state index is 0.00546. The number of urea groups is 1. The Bertz CT molecular complexity index is 980. The predicted molar refractivity (Wildman–Crippen MR) is 112 cm³/mol. The number of rotatable bonds is 5. The number of halogens is 4. The number of allylic oxidation sites excluding steroid dienone is 4. The summed E-state index contributed by atoms with van der Waals surface area (Å²) >= 11 is 3.22. The van der Waals surface area contributed by atoms with Crippen LogP contribution >= 0.6 is 15.9 Å². The van der Waals surface area contributed by atoms with Crippen molar-refractivity contribution in [3.8, 4) is 11.5 Å². The van der Waals surface area contributed by atoms with Crippen LogP contribution in [0.5, 0.6) is 11.5 Å². The molecule has 10 heteroatoms. The Morgan fingerprint density at radius 2 is 2.06 bits per heavy atom. The molecule has 2 atom stereocenters. The van der Waals surface area contributed by atoms with E-state index in [0.29, 0.717) is 6.42 Å². The van der Waals surface area contributed by atoms with Crippen molar-refractivity contribution in [2.24, 2.45) is 5.41 Å². The maximum absolute atomic E-state index is 13.9. The lowest BCUT2D eigenvalue weighted by molar-refractivity contribution is -0.116. The van der Waals surface area contributed by atoms with E-state index in [-0.39, 0.29) is 33.9 Å². The number of amides is 2. The van der Waals surface area contributed by atoms with E-state index < -0.39 is 29.9 Å². The molecule has 1 N–H and O–H groups in total. The highest BCUT2D eigenvalue weighted by Gasteiger charge is 2.41. The molecule has 0 saturated heterocycles. The van der Waals surface area contributed by atoms with Gasteiger partial charge in [0, 0.05) is 34.6 Å². The molecule has 1 aliphatic carbocycles. The van der Waals surface area contributed by atoms with E-state index in [0.717, 1.165) is 0 Å². The molecule has 31 heavy (non-hydrogen) atoms. The van der Waals surface area contributed by atoms with Crippen molar-refractivity contribution in [3.63, 3.8) is 0 Å². The molecule has 6 nitrogen and oxygen atoms in total. The highest BCUT2D eigenvalue weighted by molar-refractivity contribution is 9.10. The third-order valence-electron chi connectivity index (χ3n) is 5.16. The second-order valence-electron chi connectivity index (χ2n) is 7.34. The third kappa shape index (κ3) is 5.12. The average molecular weight is 501 g/mol. The molecule has 1 aromatic rings.